The van der Waals surface area contributed by atoms with E-state index in [1.54, 1.807) is 13.2 Å². The van der Waals surface area contributed by atoms with E-state index in [1.165, 1.54) is 12.5 Å². The standard InChI is InChI=1S/C20H27NO4/c1-14-6-4-9-18(15(14)2)21-19(22)13-25-20(23)11-10-16-7-5-8-17(12-16)24-3/h5,7-8,10-12,14-15,18H,4,6,9,13H2,1-3H3,(H,21,22)/b11-10+/t14-,15+,18-/m1/s1. The SMILES string of the molecule is COc1cccc(/C=C/C(=O)OCC(=O)N[C@@H]2CCC[C@@H](C)[C@@H]2C)c1. The van der Waals surface area contributed by atoms with Crippen molar-refractivity contribution in [3.05, 3.63) is 35.9 Å². The van der Waals surface area contributed by atoms with E-state index < -0.39 is 5.97 Å². The maximum atomic E-state index is 12.0. The highest BCUT2D eigenvalue weighted by molar-refractivity contribution is 5.89. The average Bonchev–Trinajstić information content (AvgIpc) is 2.62. The fourth-order valence-electron chi connectivity index (χ4n) is 3.13. The summed E-state index contributed by atoms with van der Waals surface area (Å²) in [7, 11) is 1.59. The lowest BCUT2D eigenvalue weighted by atomic mass is 9.78. The first-order chi connectivity index (χ1) is 12.0. The zero-order valence-electron chi connectivity index (χ0n) is 15.2. The van der Waals surface area contributed by atoms with Crippen LogP contribution in [0.2, 0.25) is 0 Å². The van der Waals surface area contributed by atoms with Crippen molar-refractivity contribution in [1.29, 1.82) is 0 Å². The Morgan fingerprint density at radius 2 is 2.08 bits per heavy atom. The number of carbonyl (C=O) groups excluding carboxylic acids is 2. The number of benzene rings is 1. The summed E-state index contributed by atoms with van der Waals surface area (Å²) < 4.78 is 10.1. The monoisotopic (exact) mass is 345 g/mol. The third-order valence-corrected chi connectivity index (χ3v) is 4.90. The molecule has 25 heavy (non-hydrogen) atoms. The molecule has 0 bridgehead atoms. The van der Waals surface area contributed by atoms with Gasteiger partial charge in [-0.25, -0.2) is 4.79 Å². The molecule has 0 aromatic heterocycles. The normalized spacial score (nSPS) is 23.2. The number of nitrogens with one attached hydrogen (secondary N) is 1. The molecule has 5 heteroatoms. The van der Waals surface area contributed by atoms with Crippen molar-refractivity contribution < 1.29 is 19.1 Å². The molecule has 0 aliphatic heterocycles. The molecule has 136 valence electrons. The van der Waals surface area contributed by atoms with Crippen molar-refractivity contribution in [3.8, 4) is 5.75 Å². The van der Waals surface area contributed by atoms with Crippen LogP contribution in [-0.4, -0.2) is 31.6 Å². The van der Waals surface area contributed by atoms with Gasteiger partial charge in [0, 0.05) is 12.1 Å². The van der Waals surface area contributed by atoms with Crippen molar-refractivity contribution in [3.63, 3.8) is 0 Å². The molecular weight excluding hydrogens is 318 g/mol. The van der Waals surface area contributed by atoms with Crippen LogP contribution in [0.1, 0.15) is 38.7 Å². The Balaban J connectivity index is 1.77. The minimum absolute atomic E-state index is 0.169. The van der Waals surface area contributed by atoms with E-state index in [0.717, 1.165) is 18.4 Å². The van der Waals surface area contributed by atoms with Gasteiger partial charge in [-0.05, 0) is 42.0 Å². The molecule has 1 N–H and O–H groups in total. The number of hydrogen-bond donors (Lipinski definition) is 1. The molecule has 1 aromatic carbocycles. The topological polar surface area (TPSA) is 64.6 Å². The van der Waals surface area contributed by atoms with Gasteiger partial charge in [-0.15, -0.1) is 0 Å². The molecule has 1 aliphatic rings. The lowest BCUT2D eigenvalue weighted by Gasteiger charge is -2.34. The van der Waals surface area contributed by atoms with Crippen molar-refractivity contribution >= 4 is 18.0 Å². The zero-order chi connectivity index (χ0) is 18.2. The average molecular weight is 345 g/mol. The molecule has 1 saturated carbocycles. The summed E-state index contributed by atoms with van der Waals surface area (Å²) >= 11 is 0. The van der Waals surface area contributed by atoms with Gasteiger partial charge in [-0.2, -0.15) is 0 Å². The Labute approximate surface area is 149 Å². The van der Waals surface area contributed by atoms with Crippen LogP contribution in [0.3, 0.4) is 0 Å². The number of ether oxygens (including phenoxy) is 2. The van der Waals surface area contributed by atoms with Gasteiger partial charge in [-0.1, -0.05) is 38.8 Å². The second-order valence-corrected chi connectivity index (χ2v) is 6.66. The maximum Gasteiger partial charge on any atom is 0.331 e. The number of hydrogen-bond acceptors (Lipinski definition) is 4. The van der Waals surface area contributed by atoms with Crippen LogP contribution < -0.4 is 10.1 Å². The van der Waals surface area contributed by atoms with Gasteiger partial charge in [-0.3, -0.25) is 4.79 Å². The van der Waals surface area contributed by atoms with Crippen LogP contribution in [-0.2, 0) is 14.3 Å². The van der Waals surface area contributed by atoms with E-state index in [-0.39, 0.29) is 18.6 Å². The summed E-state index contributed by atoms with van der Waals surface area (Å²) in [6, 6.07) is 7.49. The van der Waals surface area contributed by atoms with E-state index in [1.807, 2.05) is 24.3 Å². The summed E-state index contributed by atoms with van der Waals surface area (Å²) in [6.07, 6.45) is 6.26. The van der Waals surface area contributed by atoms with Gasteiger partial charge >= 0.3 is 5.97 Å². The second-order valence-electron chi connectivity index (χ2n) is 6.66. The molecule has 0 spiro atoms. The fraction of sp³-hybridized carbons (Fsp3) is 0.500. The Bertz CT molecular complexity index is 626. The summed E-state index contributed by atoms with van der Waals surface area (Å²) in [6.45, 7) is 4.13. The third kappa shape index (κ3) is 5.93. The second kappa shape index (κ2) is 9.25. The molecule has 1 amide bonds. The molecule has 2 rings (SSSR count). The Kier molecular flexibility index (Phi) is 7.04. The Morgan fingerprint density at radius 3 is 2.84 bits per heavy atom. The van der Waals surface area contributed by atoms with Crippen molar-refractivity contribution in [2.75, 3.05) is 13.7 Å². The minimum atomic E-state index is -0.539. The molecule has 0 unspecified atom stereocenters. The van der Waals surface area contributed by atoms with Crippen LogP contribution in [0.5, 0.6) is 5.75 Å². The number of carbonyl (C=O) groups is 2. The quantitative estimate of drug-likeness (QED) is 0.635. The van der Waals surface area contributed by atoms with E-state index in [0.29, 0.717) is 17.6 Å². The Hall–Kier alpha value is -2.30. The lowest BCUT2D eigenvalue weighted by Crippen LogP contribution is -2.45. The first kappa shape index (κ1) is 19.0. The third-order valence-electron chi connectivity index (χ3n) is 4.90. The first-order valence-electron chi connectivity index (χ1n) is 8.78. The number of rotatable bonds is 6. The molecule has 5 nitrogen and oxygen atoms in total. The molecule has 1 aromatic rings. The van der Waals surface area contributed by atoms with Crippen LogP contribution in [0.15, 0.2) is 30.3 Å². The number of esters is 1. The largest absolute Gasteiger partial charge is 0.497 e. The van der Waals surface area contributed by atoms with Gasteiger partial charge in [0.2, 0.25) is 0 Å². The summed E-state index contributed by atoms with van der Waals surface area (Å²) in [5.41, 5.74) is 0.825. The number of amides is 1. The molecular formula is C20H27NO4. The Morgan fingerprint density at radius 1 is 1.28 bits per heavy atom. The highest BCUT2D eigenvalue weighted by Crippen LogP contribution is 2.29. The van der Waals surface area contributed by atoms with Gasteiger partial charge < -0.3 is 14.8 Å². The van der Waals surface area contributed by atoms with Gasteiger partial charge in [0.25, 0.3) is 5.91 Å². The molecule has 0 saturated heterocycles. The van der Waals surface area contributed by atoms with E-state index in [4.69, 9.17) is 9.47 Å². The summed E-state index contributed by atoms with van der Waals surface area (Å²) in [5.74, 6) is 0.983. The van der Waals surface area contributed by atoms with Crippen molar-refractivity contribution in [1.82, 2.24) is 5.32 Å². The van der Waals surface area contributed by atoms with Gasteiger partial charge in [0.05, 0.1) is 7.11 Å². The highest BCUT2D eigenvalue weighted by atomic mass is 16.5. The first-order valence-corrected chi connectivity index (χ1v) is 8.78. The van der Waals surface area contributed by atoms with Crippen LogP contribution in [0.4, 0.5) is 0 Å². The summed E-state index contributed by atoms with van der Waals surface area (Å²) in [5, 5.41) is 2.99. The van der Waals surface area contributed by atoms with Crippen molar-refractivity contribution in [2.45, 2.75) is 39.2 Å². The van der Waals surface area contributed by atoms with Crippen molar-refractivity contribution in [2.24, 2.45) is 11.8 Å². The fourth-order valence-corrected chi connectivity index (χ4v) is 3.13. The summed E-state index contributed by atoms with van der Waals surface area (Å²) in [4.78, 5) is 23.8. The number of methoxy groups -OCH3 is 1. The maximum absolute atomic E-state index is 12.0. The molecule has 3 atom stereocenters. The zero-order valence-corrected chi connectivity index (χ0v) is 15.2. The van der Waals surface area contributed by atoms with Crippen LogP contribution >= 0.6 is 0 Å². The van der Waals surface area contributed by atoms with Crippen LogP contribution in [0.25, 0.3) is 6.08 Å². The van der Waals surface area contributed by atoms with E-state index in [9.17, 15) is 9.59 Å². The minimum Gasteiger partial charge on any atom is -0.497 e. The predicted octanol–water partition coefficient (Wildman–Crippen LogP) is 3.19. The highest BCUT2D eigenvalue weighted by Gasteiger charge is 2.28. The van der Waals surface area contributed by atoms with Gasteiger partial charge in [0.15, 0.2) is 6.61 Å². The van der Waals surface area contributed by atoms with E-state index >= 15 is 0 Å². The van der Waals surface area contributed by atoms with Crippen LogP contribution in [0, 0.1) is 11.8 Å². The smallest absolute Gasteiger partial charge is 0.331 e. The molecule has 1 aliphatic carbocycles. The van der Waals surface area contributed by atoms with Gasteiger partial charge in [0.1, 0.15) is 5.75 Å². The lowest BCUT2D eigenvalue weighted by molar-refractivity contribution is -0.144. The molecule has 0 heterocycles. The predicted molar refractivity (Wildman–Crippen MR) is 97.1 cm³/mol. The van der Waals surface area contributed by atoms with E-state index in [2.05, 4.69) is 19.2 Å². The molecule has 1 fully saturated rings. The molecule has 0 radical (unpaired) electrons.